The van der Waals surface area contributed by atoms with E-state index in [9.17, 15) is 0 Å². The number of anilines is 3. The number of nitrogen functional groups attached to an aromatic ring is 1. The number of aromatic amines is 1. The molecule has 1 aliphatic carbocycles. The number of H-pyrrole nitrogens is 1. The summed E-state index contributed by atoms with van der Waals surface area (Å²) in [7, 11) is 0. The van der Waals surface area contributed by atoms with Gasteiger partial charge < -0.3 is 10.3 Å². The Morgan fingerprint density at radius 2 is 2.25 bits per heavy atom. The lowest BCUT2D eigenvalue weighted by molar-refractivity contribution is 0.380. The normalized spacial score (nSPS) is 14.1. The van der Waals surface area contributed by atoms with E-state index in [1.165, 1.54) is 12.8 Å². The second kappa shape index (κ2) is 5.90. The highest BCUT2D eigenvalue weighted by Crippen LogP contribution is 2.40. The first-order chi connectivity index (χ1) is 11.6. The molecule has 1 saturated carbocycles. The predicted molar refractivity (Wildman–Crippen MR) is 91.8 cm³/mol. The van der Waals surface area contributed by atoms with Crippen molar-refractivity contribution in [3.8, 4) is 0 Å². The third kappa shape index (κ3) is 2.99. The Balaban J connectivity index is 1.70. The van der Waals surface area contributed by atoms with Gasteiger partial charge in [0.05, 0.1) is 22.4 Å². The van der Waals surface area contributed by atoms with Gasteiger partial charge in [-0.25, -0.2) is 4.98 Å². The number of hydrogen-bond acceptors (Lipinski definition) is 7. The summed E-state index contributed by atoms with van der Waals surface area (Å²) in [4.78, 5) is 10.6. The third-order valence-corrected chi connectivity index (χ3v) is 4.47. The van der Waals surface area contributed by atoms with Gasteiger partial charge >= 0.3 is 0 Å². The lowest BCUT2D eigenvalue weighted by atomic mass is 10.3. The maximum absolute atomic E-state index is 5.91. The molecule has 9 heteroatoms. The number of rotatable bonds is 5. The smallest absolute Gasteiger partial charge is 0.233 e. The van der Waals surface area contributed by atoms with Gasteiger partial charge in [0, 0.05) is 24.2 Å². The molecule has 4 rings (SSSR count). The van der Waals surface area contributed by atoms with Gasteiger partial charge in [-0.2, -0.15) is 10.1 Å². The predicted octanol–water partition coefficient (Wildman–Crippen LogP) is 3.06. The van der Waals surface area contributed by atoms with E-state index >= 15 is 0 Å². The summed E-state index contributed by atoms with van der Waals surface area (Å²) in [6.07, 6.45) is 4.01. The number of hydrogen-bond donors (Lipinski definition) is 2. The molecule has 0 amide bonds. The van der Waals surface area contributed by atoms with E-state index in [0.29, 0.717) is 34.5 Å². The Bertz CT molecular complexity index is 870. The molecule has 3 N–H and O–H groups in total. The van der Waals surface area contributed by atoms with Crippen LogP contribution in [0.3, 0.4) is 0 Å². The van der Waals surface area contributed by atoms with Crippen molar-refractivity contribution in [2.75, 3.05) is 10.6 Å². The van der Waals surface area contributed by atoms with E-state index < -0.39 is 0 Å². The van der Waals surface area contributed by atoms with Gasteiger partial charge in [0.15, 0.2) is 5.76 Å². The summed E-state index contributed by atoms with van der Waals surface area (Å²) in [5.74, 6) is 2.91. The third-order valence-electron chi connectivity index (χ3n) is 3.86. The van der Waals surface area contributed by atoms with E-state index in [2.05, 4.69) is 41.3 Å². The fourth-order valence-electron chi connectivity index (χ4n) is 2.46. The summed E-state index contributed by atoms with van der Waals surface area (Å²) in [5.41, 5.74) is 7.80. The zero-order valence-corrected chi connectivity index (χ0v) is 14.6. The van der Waals surface area contributed by atoms with Gasteiger partial charge in [0.1, 0.15) is 11.6 Å². The summed E-state index contributed by atoms with van der Waals surface area (Å²) >= 11 is 3.32. The average molecular weight is 390 g/mol. The van der Waals surface area contributed by atoms with Crippen molar-refractivity contribution in [1.82, 2.24) is 25.3 Å². The molecule has 3 aromatic rings. The van der Waals surface area contributed by atoms with Gasteiger partial charge in [-0.3, -0.25) is 10.00 Å². The second-order valence-corrected chi connectivity index (χ2v) is 6.73. The van der Waals surface area contributed by atoms with Crippen molar-refractivity contribution in [2.45, 2.75) is 32.2 Å². The fraction of sp³-hybridized carbons (Fsp3) is 0.333. The highest BCUT2D eigenvalue weighted by Gasteiger charge is 2.28. The highest BCUT2D eigenvalue weighted by atomic mass is 79.9. The molecule has 0 atom stereocenters. The van der Waals surface area contributed by atoms with Crippen molar-refractivity contribution < 1.29 is 4.52 Å². The molecule has 0 aromatic carbocycles. The maximum Gasteiger partial charge on any atom is 0.233 e. The lowest BCUT2D eigenvalue weighted by Gasteiger charge is -2.19. The van der Waals surface area contributed by atoms with Crippen LogP contribution in [0.25, 0.3) is 0 Å². The zero-order chi connectivity index (χ0) is 16.7. The SMILES string of the molecule is Cc1cc(CN(c2ncc(Br)c(N)n2)c2cc(C3CC3)n[nH]2)on1. The van der Waals surface area contributed by atoms with Gasteiger partial charge in [-0.1, -0.05) is 5.16 Å². The molecule has 0 saturated heterocycles. The van der Waals surface area contributed by atoms with Crippen LogP contribution >= 0.6 is 15.9 Å². The Labute approximate surface area is 146 Å². The molecular weight excluding hydrogens is 374 g/mol. The van der Waals surface area contributed by atoms with Crippen LogP contribution in [0.4, 0.5) is 17.6 Å². The molecule has 24 heavy (non-hydrogen) atoms. The monoisotopic (exact) mass is 389 g/mol. The van der Waals surface area contributed by atoms with Crippen LogP contribution in [-0.2, 0) is 6.54 Å². The van der Waals surface area contributed by atoms with Gasteiger partial charge in [-0.15, -0.1) is 0 Å². The number of aryl methyl sites for hydroxylation is 1. The molecule has 8 nitrogen and oxygen atoms in total. The fourth-order valence-corrected chi connectivity index (χ4v) is 2.65. The minimum absolute atomic E-state index is 0.376. The molecule has 0 spiro atoms. The van der Waals surface area contributed by atoms with E-state index in [4.69, 9.17) is 10.3 Å². The minimum atomic E-state index is 0.376. The zero-order valence-electron chi connectivity index (χ0n) is 13.0. The molecule has 0 unspecified atom stereocenters. The van der Waals surface area contributed by atoms with Gasteiger partial charge in [0.2, 0.25) is 5.95 Å². The first-order valence-electron chi connectivity index (χ1n) is 7.63. The molecule has 0 radical (unpaired) electrons. The standard InChI is InChI=1S/C15H16BrN7O/c1-8-4-10(24-22-8)7-23(15-18-6-11(16)14(17)19-15)13-5-12(20-21-13)9-2-3-9/h4-6,9H,2-3,7H2,1H3,(H,20,21)(H2,17,18,19). The van der Waals surface area contributed by atoms with Crippen LogP contribution < -0.4 is 10.6 Å². The first kappa shape index (κ1) is 15.1. The van der Waals surface area contributed by atoms with Crippen LogP contribution in [0.15, 0.2) is 27.3 Å². The minimum Gasteiger partial charge on any atom is -0.383 e. The van der Waals surface area contributed by atoms with Crippen LogP contribution in [0.2, 0.25) is 0 Å². The molecular formula is C15H16BrN7O. The lowest BCUT2D eigenvalue weighted by Crippen LogP contribution is -2.19. The van der Waals surface area contributed by atoms with E-state index in [1.807, 2.05) is 24.0 Å². The van der Waals surface area contributed by atoms with Crippen LogP contribution in [0.5, 0.6) is 0 Å². The maximum atomic E-state index is 5.91. The van der Waals surface area contributed by atoms with E-state index in [-0.39, 0.29) is 0 Å². The number of nitrogens with two attached hydrogens (primary N) is 1. The molecule has 0 bridgehead atoms. The summed E-state index contributed by atoms with van der Waals surface area (Å²) in [6.45, 7) is 2.31. The number of nitrogens with zero attached hydrogens (tertiary/aromatic N) is 5. The van der Waals surface area contributed by atoms with E-state index in [0.717, 1.165) is 17.2 Å². The summed E-state index contributed by atoms with van der Waals surface area (Å²) in [5, 5.41) is 11.4. The number of aromatic nitrogens is 5. The van der Waals surface area contributed by atoms with Crippen molar-refractivity contribution in [3.05, 3.63) is 40.0 Å². The molecule has 0 aliphatic heterocycles. The molecule has 1 aliphatic rings. The summed E-state index contributed by atoms with van der Waals surface area (Å²) < 4.78 is 5.99. The quantitative estimate of drug-likeness (QED) is 0.689. The van der Waals surface area contributed by atoms with Crippen LogP contribution in [-0.4, -0.2) is 25.3 Å². The summed E-state index contributed by atoms with van der Waals surface area (Å²) in [6, 6.07) is 3.91. The van der Waals surface area contributed by atoms with Crippen molar-refractivity contribution in [2.24, 2.45) is 0 Å². The van der Waals surface area contributed by atoms with Crippen molar-refractivity contribution in [1.29, 1.82) is 0 Å². The van der Waals surface area contributed by atoms with E-state index in [1.54, 1.807) is 6.20 Å². The molecule has 3 aromatic heterocycles. The Kier molecular flexibility index (Phi) is 3.72. The molecule has 3 heterocycles. The number of nitrogens with one attached hydrogen (secondary N) is 1. The second-order valence-electron chi connectivity index (χ2n) is 5.88. The first-order valence-corrected chi connectivity index (χ1v) is 8.42. The highest BCUT2D eigenvalue weighted by molar-refractivity contribution is 9.10. The Morgan fingerprint density at radius 1 is 1.42 bits per heavy atom. The van der Waals surface area contributed by atoms with Crippen LogP contribution in [0, 0.1) is 6.92 Å². The Hall–Kier alpha value is -2.42. The average Bonchev–Trinajstić information content (AvgIpc) is 3.15. The number of halogens is 1. The van der Waals surface area contributed by atoms with Crippen molar-refractivity contribution in [3.63, 3.8) is 0 Å². The van der Waals surface area contributed by atoms with Crippen molar-refractivity contribution >= 4 is 33.5 Å². The van der Waals surface area contributed by atoms with Gasteiger partial charge in [-0.05, 0) is 35.7 Å². The largest absolute Gasteiger partial charge is 0.383 e. The van der Waals surface area contributed by atoms with Gasteiger partial charge in [0.25, 0.3) is 0 Å². The topological polar surface area (TPSA) is 110 Å². The molecule has 124 valence electrons. The Morgan fingerprint density at radius 3 is 2.92 bits per heavy atom. The van der Waals surface area contributed by atoms with Crippen LogP contribution in [0.1, 0.15) is 35.9 Å². The molecule has 1 fully saturated rings.